The van der Waals surface area contributed by atoms with Gasteiger partial charge >= 0.3 is 0 Å². The Morgan fingerprint density at radius 3 is 2.45 bits per heavy atom. The minimum Gasteiger partial charge on any atom is -0.483 e. The number of halogens is 1. The molecule has 0 unspecified atom stereocenters. The highest BCUT2D eigenvalue weighted by atomic mass is 35.5. The van der Waals surface area contributed by atoms with Crippen LogP contribution in [0.1, 0.15) is 55.1 Å². The molecule has 2 aromatic carbocycles. The van der Waals surface area contributed by atoms with Gasteiger partial charge in [0.1, 0.15) is 5.75 Å². The molecule has 166 valence electrons. The van der Waals surface area contributed by atoms with Crippen molar-refractivity contribution < 1.29 is 14.3 Å². The lowest BCUT2D eigenvalue weighted by Gasteiger charge is -2.32. The molecule has 2 amide bonds. The van der Waals surface area contributed by atoms with Gasteiger partial charge in [0.25, 0.3) is 11.8 Å². The number of amides is 2. The minimum absolute atomic E-state index is 0.0167. The van der Waals surface area contributed by atoms with Crippen molar-refractivity contribution in [2.45, 2.75) is 52.0 Å². The van der Waals surface area contributed by atoms with Gasteiger partial charge in [0.2, 0.25) is 0 Å². The SMILES string of the molecule is Cc1ccc(OCC(=O)N2CCC(NC(=O)c3ccccc3Cl)CC2)c(C(C)(C)C)c1. The summed E-state index contributed by atoms with van der Waals surface area (Å²) in [6.45, 7) is 9.67. The summed E-state index contributed by atoms with van der Waals surface area (Å²) in [5.41, 5.74) is 2.68. The van der Waals surface area contributed by atoms with Gasteiger partial charge in [-0.1, -0.05) is 62.2 Å². The Kier molecular flexibility index (Phi) is 7.26. The molecule has 0 aliphatic carbocycles. The van der Waals surface area contributed by atoms with Crippen molar-refractivity contribution in [2.75, 3.05) is 19.7 Å². The molecule has 2 aromatic rings. The predicted molar refractivity (Wildman–Crippen MR) is 124 cm³/mol. The Hall–Kier alpha value is -2.53. The summed E-state index contributed by atoms with van der Waals surface area (Å²) in [6, 6.07) is 13.1. The molecule has 1 fully saturated rings. The smallest absolute Gasteiger partial charge is 0.260 e. The molecule has 5 nitrogen and oxygen atoms in total. The van der Waals surface area contributed by atoms with E-state index in [1.54, 1.807) is 24.3 Å². The summed E-state index contributed by atoms with van der Waals surface area (Å²) in [7, 11) is 0. The number of ether oxygens (including phenoxy) is 1. The van der Waals surface area contributed by atoms with E-state index in [1.807, 2.05) is 17.0 Å². The Balaban J connectivity index is 1.51. The first kappa shape index (κ1) is 23.1. The van der Waals surface area contributed by atoms with E-state index >= 15 is 0 Å². The second-order valence-corrected chi connectivity index (χ2v) is 9.55. The average molecular weight is 443 g/mol. The molecule has 1 N–H and O–H groups in total. The molecule has 0 saturated carbocycles. The van der Waals surface area contributed by atoms with Crippen LogP contribution in [0.25, 0.3) is 0 Å². The Morgan fingerprint density at radius 1 is 1.13 bits per heavy atom. The number of hydrogen-bond acceptors (Lipinski definition) is 3. The van der Waals surface area contributed by atoms with Crippen LogP contribution in [0.4, 0.5) is 0 Å². The Bertz CT molecular complexity index is 944. The van der Waals surface area contributed by atoms with Gasteiger partial charge in [0.15, 0.2) is 6.61 Å². The van der Waals surface area contributed by atoms with Crippen LogP contribution < -0.4 is 10.1 Å². The maximum Gasteiger partial charge on any atom is 0.260 e. The number of likely N-dealkylation sites (tertiary alicyclic amines) is 1. The van der Waals surface area contributed by atoms with Crippen LogP contribution in [0, 0.1) is 6.92 Å². The monoisotopic (exact) mass is 442 g/mol. The molecule has 1 aliphatic rings. The zero-order chi connectivity index (χ0) is 22.6. The van der Waals surface area contributed by atoms with E-state index in [0.29, 0.717) is 36.5 Å². The van der Waals surface area contributed by atoms with E-state index in [2.05, 4.69) is 39.1 Å². The first-order chi connectivity index (χ1) is 14.6. The molecular weight excluding hydrogens is 412 g/mol. The van der Waals surface area contributed by atoms with Gasteiger partial charge < -0.3 is 15.0 Å². The van der Waals surface area contributed by atoms with Crippen LogP contribution in [-0.4, -0.2) is 42.5 Å². The molecule has 3 rings (SSSR count). The highest BCUT2D eigenvalue weighted by Gasteiger charge is 2.26. The van der Waals surface area contributed by atoms with E-state index in [1.165, 1.54) is 5.56 Å². The van der Waals surface area contributed by atoms with Crippen molar-refractivity contribution in [3.05, 3.63) is 64.2 Å². The van der Waals surface area contributed by atoms with E-state index in [4.69, 9.17) is 16.3 Å². The second kappa shape index (κ2) is 9.73. The standard InChI is InChI=1S/C25H31ClN2O3/c1-17-9-10-22(20(15-17)25(2,3)4)31-16-23(29)28-13-11-18(12-14-28)27-24(30)19-7-5-6-8-21(19)26/h5-10,15,18H,11-14,16H2,1-4H3,(H,27,30). The third-order valence-electron chi connectivity index (χ3n) is 5.60. The van der Waals surface area contributed by atoms with Crippen molar-refractivity contribution in [3.63, 3.8) is 0 Å². The Morgan fingerprint density at radius 2 is 1.81 bits per heavy atom. The molecule has 1 heterocycles. The highest BCUT2D eigenvalue weighted by Crippen LogP contribution is 2.32. The number of nitrogens with one attached hydrogen (secondary N) is 1. The molecule has 6 heteroatoms. The number of nitrogens with zero attached hydrogens (tertiary/aromatic N) is 1. The third-order valence-corrected chi connectivity index (χ3v) is 5.93. The van der Waals surface area contributed by atoms with Gasteiger partial charge in [0, 0.05) is 19.1 Å². The fraction of sp³-hybridized carbons (Fsp3) is 0.440. The fourth-order valence-electron chi connectivity index (χ4n) is 3.77. The maximum atomic E-state index is 12.7. The normalized spacial score (nSPS) is 14.9. The molecular formula is C25H31ClN2O3. The van der Waals surface area contributed by atoms with Crippen LogP contribution in [0.2, 0.25) is 5.02 Å². The number of carbonyl (C=O) groups excluding carboxylic acids is 2. The lowest BCUT2D eigenvalue weighted by atomic mass is 9.85. The maximum absolute atomic E-state index is 12.7. The molecule has 1 aliphatic heterocycles. The van der Waals surface area contributed by atoms with Gasteiger partial charge in [-0.3, -0.25) is 9.59 Å². The van der Waals surface area contributed by atoms with Crippen LogP contribution in [-0.2, 0) is 10.2 Å². The van der Waals surface area contributed by atoms with E-state index in [9.17, 15) is 9.59 Å². The predicted octanol–water partition coefficient (Wildman–Crippen LogP) is 4.75. The zero-order valence-corrected chi connectivity index (χ0v) is 19.5. The van der Waals surface area contributed by atoms with Crippen molar-refractivity contribution in [1.82, 2.24) is 10.2 Å². The van der Waals surface area contributed by atoms with Gasteiger partial charge in [0.05, 0.1) is 10.6 Å². The summed E-state index contributed by atoms with van der Waals surface area (Å²) >= 11 is 6.11. The van der Waals surface area contributed by atoms with Gasteiger partial charge in [-0.05, 0) is 48.9 Å². The number of carbonyl (C=O) groups is 2. The van der Waals surface area contributed by atoms with Crippen molar-refractivity contribution >= 4 is 23.4 Å². The van der Waals surface area contributed by atoms with Crippen LogP contribution in [0.15, 0.2) is 42.5 Å². The van der Waals surface area contributed by atoms with Crippen molar-refractivity contribution in [3.8, 4) is 5.75 Å². The van der Waals surface area contributed by atoms with Gasteiger partial charge in [-0.2, -0.15) is 0 Å². The molecule has 0 aromatic heterocycles. The first-order valence-corrected chi connectivity index (χ1v) is 11.1. The number of rotatable bonds is 5. The Labute approximate surface area is 189 Å². The molecule has 0 atom stereocenters. The second-order valence-electron chi connectivity index (χ2n) is 9.15. The lowest BCUT2D eigenvalue weighted by molar-refractivity contribution is -0.134. The summed E-state index contributed by atoms with van der Waals surface area (Å²) in [5, 5.41) is 3.47. The summed E-state index contributed by atoms with van der Waals surface area (Å²) < 4.78 is 5.92. The first-order valence-electron chi connectivity index (χ1n) is 10.7. The van der Waals surface area contributed by atoms with E-state index in [-0.39, 0.29) is 29.9 Å². The summed E-state index contributed by atoms with van der Waals surface area (Å²) in [5.74, 6) is 0.553. The van der Waals surface area contributed by atoms with E-state index in [0.717, 1.165) is 11.3 Å². The van der Waals surface area contributed by atoms with Crippen LogP contribution in [0.5, 0.6) is 5.75 Å². The van der Waals surface area contributed by atoms with Crippen molar-refractivity contribution in [2.24, 2.45) is 0 Å². The van der Waals surface area contributed by atoms with E-state index < -0.39 is 0 Å². The van der Waals surface area contributed by atoms with Gasteiger partial charge in [-0.25, -0.2) is 0 Å². The van der Waals surface area contributed by atoms with Crippen molar-refractivity contribution in [1.29, 1.82) is 0 Å². The summed E-state index contributed by atoms with van der Waals surface area (Å²) in [6.07, 6.45) is 1.42. The lowest BCUT2D eigenvalue weighted by Crippen LogP contribution is -2.47. The number of aryl methyl sites for hydroxylation is 1. The molecule has 0 radical (unpaired) electrons. The number of hydrogen-bond donors (Lipinski definition) is 1. The summed E-state index contributed by atoms with van der Waals surface area (Å²) in [4.78, 5) is 26.9. The van der Waals surface area contributed by atoms with Crippen LogP contribution in [0.3, 0.4) is 0 Å². The fourth-order valence-corrected chi connectivity index (χ4v) is 3.99. The third kappa shape index (κ3) is 6.01. The van der Waals surface area contributed by atoms with Gasteiger partial charge in [-0.15, -0.1) is 0 Å². The average Bonchev–Trinajstić information content (AvgIpc) is 2.72. The quantitative estimate of drug-likeness (QED) is 0.727. The number of piperidine rings is 1. The largest absolute Gasteiger partial charge is 0.483 e. The molecule has 0 bridgehead atoms. The topological polar surface area (TPSA) is 58.6 Å². The molecule has 0 spiro atoms. The minimum atomic E-state index is -0.173. The number of benzene rings is 2. The molecule has 1 saturated heterocycles. The highest BCUT2D eigenvalue weighted by molar-refractivity contribution is 6.33. The zero-order valence-electron chi connectivity index (χ0n) is 18.7. The van der Waals surface area contributed by atoms with Crippen LogP contribution >= 0.6 is 11.6 Å². The molecule has 31 heavy (non-hydrogen) atoms.